The van der Waals surface area contributed by atoms with Crippen molar-refractivity contribution < 1.29 is 4.79 Å². The maximum absolute atomic E-state index is 11.2. The maximum Gasteiger partial charge on any atom is 0.239 e. The van der Waals surface area contributed by atoms with Crippen LogP contribution in [0.4, 0.5) is 5.69 Å². The lowest BCUT2D eigenvalue weighted by Gasteiger charge is -2.29. The average Bonchev–Trinajstić information content (AvgIpc) is 2.15. The largest absolute Gasteiger partial charge is 0.372 e. The van der Waals surface area contributed by atoms with Gasteiger partial charge in [0.25, 0.3) is 0 Å². The van der Waals surface area contributed by atoms with Crippen molar-refractivity contribution in [1.29, 1.82) is 0 Å². The number of primary amides is 1. The van der Waals surface area contributed by atoms with E-state index in [0.29, 0.717) is 6.54 Å². The van der Waals surface area contributed by atoms with Crippen molar-refractivity contribution >= 4 is 11.6 Å². The van der Waals surface area contributed by atoms with Gasteiger partial charge >= 0.3 is 0 Å². The number of hydrogen-bond donors (Lipinski definition) is 2. The monoisotopic (exact) mass is 235 g/mol. The van der Waals surface area contributed by atoms with Gasteiger partial charge in [0.2, 0.25) is 5.91 Å². The molecule has 0 saturated carbocycles. The third-order valence-corrected chi connectivity index (χ3v) is 2.78. The fraction of sp³-hybridized carbons (Fsp3) is 0.462. The van der Waals surface area contributed by atoms with Crippen LogP contribution in [0.3, 0.4) is 0 Å². The molecule has 1 unspecified atom stereocenters. The zero-order valence-corrected chi connectivity index (χ0v) is 10.9. The van der Waals surface area contributed by atoms with Crippen LogP contribution in [0.2, 0.25) is 0 Å². The lowest BCUT2D eigenvalue weighted by Crippen LogP contribution is -2.56. The van der Waals surface area contributed by atoms with Crippen LogP contribution in [0, 0.1) is 13.8 Å². The summed E-state index contributed by atoms with van der Waals surface area (Å²) in [6, 6.07) is 6.22. The Morgan fingerprint density at radius 2 is 1.76 bits per heavy atom. The first kappa shape index (κ1) is 13.5. The van der Waals surface area contributed by atoms with E-state index in [4.69, 9.17) is 11.5 Å². The average molecular weight is 235 g/mol. The SMILES string of the molecule is Cc1cc(C)cc(N(C)CC(C)(N)C(N)=O)c1. The van der Waals surface area contributed by atoms with Crippen LogP contribution in [0.5, 0.6) is 0 Å². The van der Waals surface area contributed by atoms with E-state index in [0.717, 1.165) is 5.69 Å². The number of carbonyl (C=O) groups is 1. The number of nitrogens with two attached hydrogens (primary N) is 2. The summed E-state index contributed by atoms with van der Waals surface area (Å²) in [5.41, 5.74) is 13.5. The Hall–Kier alpha value is -1.55. The van der Waals surface area contributed by atoms with Gasteiger partial charge in [-0.1, -0.05) is 6.07 Å². The summed E-state index contributed by atoms with van der Waals surface area (Å²) >= 11 is 0. The molecule has 1 atom stereocenters. The fourth-order valence-electron chi connectivity index (χ4n) is 1.83. The molecule has 1 amide bonds. The number of anilines is 1. The predicted octanol–water partition coefficient (Wildman–Crippen LogP) is 0.942. The Kier molecular flexibility index (Phi) is 3.78. The van der Waals surface area contributed by atoms with Gasteiger partial charge in [0.15, 0.2) is 0 Å². The highest BCUT2D eigenvalue weighted by Crippen LogP contribution is 2.18. The summed E-state index contributed by atoms with van der Waals surface area (Å²) in [5.74, 6) is -0.492. The molecule has 0 aliphatic carbocycles. The molecule has 94 valence electrons. The van der Waals surface area contributed by atoms with E-state index >= 15 is 0 Å². The van der Waals surface area contributed by atoms with Crippen LogP contribution in [0.1, 0.15) is 18.1 Å². The number of amides is 1. The minimum absolute atomic E-state index is 0.394. The smallest absolute Gasteiger partial charge is 0.239 e. The molecule has 4 heteroatoms. The van der Waals surface area contributed by atoms with Crippen LogP contribution in [0.15, 0.2) is 18.2 Å². The van der Waals surface area contributed by atoms with E-state index in [1.54, 1.807) is 6.92 Å². The van der Waals surface area contributed by atoms with E-state index in [1.165, 1.54) is 11.1 Å². The van der Waals surface area contributed by atoms with Crippen LogP contribution < -0.4 is 16.4 Å². The normalized spacial score (nSPS) is 14.2. The summed E-state index contributed by atoms with van der Waals surface area (Å²) in [5, 5.41) is 0. The molecule has 0 radical (unpaired) electrons. The molecule has 4 N–H and O–H groups in total. The molecule has 0 fully saturated rings. The first-order valence-corrected chi connectivity index (χ1v) is 5.60. The lowest BCUT2D eigenvalue weighted by atomic mass is 10.0. The van der Waals surface area contributed by atoms with E-state index in [-0.39, 0.29) is 0 Å². The van der Waals surface area contributed by atoms with Gasteiger partial charge in [0.1, 0.15) is 5.54 Å². The molecule has 0 saturated heterocycles. The van der Waals surface area contributed by atoms with E-state index in [2.05, 4.69) is 18.2 Å². The minimum atomic E-state index is -1.02. The first-order valence-electron chi connectivity index (χ1n) is 5.60. The molecule has 1 rings (SSSR count). The van der Waals surface area contributed by atoms with Crippen molar-refractivity contribution in [2.75, 3.05) is 18.5 Å². The Morgan fingerprint density at radius 1 is 1.29 bits per heavy atom. The van der Waals surface area contributed by atoms with Crippen molar-refractivity contribution in [3.8, 4) is 0 Å². The van der Waals surface area contributed by atoms with Gasteiger partial charge in [-0.25, -0.2) is 0 Å². The number of hydrogen-bond acceptors (Lipinski definition) is 3. The van der Waals surface area contributed by atoms with E-state index < -0.39 is 11.4 Å². The van der Waals surface area contributed by atoms with Crippen molar-refractivity contribution in [2.24, 2.45) is 11.5 Å². The molecule has 0 aliphatic heterocycles. The zero-order valence-electron chi connectivity index (χ0n) is 10.9. The highest BCUT2D eigenvalue weighted by Gasteiger charge is 2.27. The van der Waals surface area contributed by atoms with Crippen molar-refractivity contribution in [1.82, 2.24) is 0 Å². The number of nitrogens with zero attached hydrogens (tertiary/aromatic N) is 1. The summed E-state index contributed by atoms with van der Waals surface area (Å²) in [6.07, 6.45) is 0. The Morgan fingerprint density at radius 3 is 2.18 bits per heavy atom. The van der Waals surface area contributed by atoms with Crippen LogP contribution >= 0.6 is 0 Å². The molecular formula is C13H21N3O. The summed E-state index contributed by atoms with van der Waals surface area (Å²) in [6.45, 7) is 6.12. The predicted molar refractivity (Wildman–Crippen MR) is 71.0 cm³/mol. The number of aryl methyl sites for hydroxylation is 2. The van der Waals surface area contributed by atoms with Gasteiger partial charge in [-0.05, 0) is 44.0 Å². The van der Waals surface area contributed by atoms with Gasteiger partial charge in [-0.3, -0.25) is 4.79 Å². The Bertz CT molecular complexity index is 406. The molecule has 0 spiro atoms. The first-order chi connectivity index (χ1) is 7.72. The summed E-state index contributed by atoms with van der Waals surface area (Å²) < 4.78 is 0. The van der Waals surface area contributed by atoms with Crippen molar-refractivity contribution in [3.63, 3.8) is 0 Å². The molecule has 4 nitrogen and oxygen atoms in total. The lowest BCUT2D eigenvalue weighted by molar-refractivity contribution is -0.122. The summed E-state index contributed by atoms with van der Waals surface area (Å²) in [4.78, 5) is 13.1. The van der Waals surface area contributed by atoms with Gasteiger partial charge < -0.3 is 16.4 Å². The maximum atomic E-state index is 11.2. The van der Waals surface area contributed by atoms with Gasteiger partial charge in [0, 0.05) is 19.3 Å². The molecule has 0 bridgehead atoms. The van der Waals surface area contributed by atoms with Gasteiger partial charge in [-0.2, -0.15) is 0 Å². The topological polar surface area (TPSA) is 72.3 Å². The molecule has 0 heterocycles. The molecule has 1 aromatic carbocycles. The van der Waals surface area contributed by atoms with Crippen LogP contribution in [0.25, 0.3) is 0 Å². The van der Waals surface area contributed by atoms with E-state index in [1.807, 2.05) is 25.8 Å². The second-order valence-electron chi connectivity index (χ2n) is 4.98. The van der Waals surface area contributed by atoms with Gasteiger partial charge in [0.05, 0.1) is 0 Å². The number of carbonyl (C=O) groups excluding carboxylic acids is 1. The quantitative estimate of drug-likeness (QED) is 0.816. The highest BCUT2D eigenvalue weighted by atomic mass is 16.1. The second kappa shape index (κ2) is 4.75. The molecule has 17 heavy (non-hydrogen) atoms. The second-order valence-corrected chi connectivity index (χ2v) is 4.98. The van der Waals surface area contributed by atoms with Crippen LogP contribution in [-0.2, 0) is 4.79 Å². The standard InChI is InChI=1S/C13H21N3O/c1-9-5-10(2)7-11(6-9)16(4)8-13(3,15)12(14)17/h5-7H,8,15H2,1-4H3,(H2,14,17). The van der Waals surface area contributed by atoms with Crippen molar-refractivity contribution in [3.05, 3.63) is 29.3 Å². The minimum Gasteiger partial charge on any atom is -0.372 e. The summed E-state index contributed by atoms with van der Waals surface area (Å²) in [7, 11) is 1.91. The molecular weight excluding hydrogens is 214 g/mol. The fourth-order valence-corrected chi connectivity index (χ4v) is 1.83. The third-order valence-electron chi connectivity index (χ3n) is 2.78. The third kappa shape index (κ3) is 3.46. The highest BCUT2D eigenvalue weighted by molar-refractivity contribution is 5.84. The zero-order chi connectivity index (χ0) is 13.2. The Balaban J connectivity index is 2.90. The number of benzene rings is 1. The number of rotatable bonds is 4. The van der Waals surface area contributed by atoms with Crippen LogP contribution in [-0.4, -0.2) is 25.0 Å². The number of likely N-dealkylation sites (N-methyl/N-ethyl adjacent to an activating group) is 1. The molecule has 0 aromatic heterocycles. The van der Waals surface area contributed by atoms with Gasteiger partial charge in [-0.15, -0.1) is 0 Å². The van der Waals surface area contributed by atoms with E-state index in [9.17, 15) is 4.79 Å². The van der Waals surface area contributed by atoms with Crippen molar-refractivity contribution in [2.45, 2.75) is 26.3 Å². The Labute approximate surface area is 103 Å². The molecule has 1 aromatic rings. The molecule has 0 aliphatic rings.